The van der Waals surface area contributed by atoms with Crippen LogP contribution in [0, 0.1) is 0 Å². The largest absolute Gasteiger partial charge is 0.466 e. The highest BCUT2D eigenvalue weighted by molar-refractivity contribution is 5.76. The fourth-order valence-electron chi connectivity index (χ4n) is 7.25. The van der Waals surface area contributed by atoms with E-state index in [2.05, 4.69) is 61.7 Å². The van der Waals surface area contributed by atoms with E-state index in [1.807, 2.05) is 6.08 Å². The average Bonchev–Trinajstić information content (AvgIpc) is 3.22. The lowest BCUT2D eigenvalue weighted by molar-refractivity contribution is -0.143. The van der Waals surface area contributed by atoms with Crippen LogP contribution in [0.5, 0.6) is 0 Å². The van der Waals surface area contributed by atoms with Gasteiger partial charge in [-0.25, -0.2) is 0 Å². The Hall–Kier alpha value is -2.18. The zero-order valence-electron chi connectivity index (χ0n) is 38.3. The number of unbranched alkanes of at least 4 members (excludes halogenated alkanes) is 26. The zero-order chi connectivity index (χ0) is 42.3. The number of carbonyl (C=O) groups excluding carboxylic acids is 2. The van der Waals surface area contributed by atoms with E-state index >= 15 is 0 Å². The molecule has 6 nitrogen and oxygen atoms in total. The van der Waals surface area contributed by atoms with E-state index in [1.165, 1.54) is 148 Å². The summed E-state index contributed by atoms with van der Waals surface area (Å²) < 4.78 is 5.45. The molecule has 6 heteroatoms. The number of aliphatic hydroxyl groups is 2. The van der Waals surface area contributed by atoms with Crippen molar-refractivity contribution in [2.45, 2.75) is 257 Å². The number of carbonyl (C=O) groups is 2. The minimum absolute atomic E-state index is 0.0256. The summed E-state index contributed by atoms with van der Waals surface area (Å²) in [5.41, 5.74) is 0. The van der Waals surface area contributed by atoms with Crippen LogP contribution in [-0.4, -0.2) is 47.4 Å². The summed E-state index contributed by atoms with van der Waals surface area (Å²) in [6, 6.07) is -0.585. The second-order valence-corrected chi connectivity index (χ2v) is 16.8. The molecule has 0 aliphatic rings. The van der Waals surface area contributed by atoms with E-state index in [0.29, 0.717) is 32.3 Å². The molecule has 58 heavy (non-hydrogen) atoms. The van der Waals surface area contributed by atoms with Gasteiger partial charge >= 0.3 is 5.97 Å². The lowest BCUT2D eigenvalue weighted by atomic mass is 10.0. The van der Waals surface area contributed by atoms with E-state index in [-0.39, 0.29) is 18.5 Å². The molecule has 338 valence electrons. The molecule has 0 bridgehead atoms. The molecule has 0 heterocycles. The average molecular weight is 814 g/mol. The highest BCUT2D eigenvalue weighted by Gasteiger charge is 2.19. The Balaban J connectivity index is 3.54. The Bertz CT molecular complexity index is 988. The molecular weight excluding hydrogens is 719 g/mol. The van der Waals surface area contributed by atoms with Crippen molar-refractivity contribution in [3.63, 3.8) is 0 Å². The van der Waals surface area contributed by atoms with Crippen molar-refractivity contribution in [2.75, 3.05) is 13.2 Å². The first-order valence-corrected chi connectivity index (χ1v) is 24.9. The highest BCUT2D eigenvalue weighted by atomic mass is 16.5. The van der Waals surface area contributed by atoms with E-state index in [4.69, 9.17) is 4.74 Å². The highest BCUT2D eigenvalue weighted by Crippen LogP contribution is 2.14. The predicted molar refractivity (Wildman–Crippen MR) is 250 cm³/mol. The number of hydrogen-bond acceptors (Lipinski definition) is 5. The van der Waals surface area contributed by atoms with Gasteiger partial charge in [0.1, 0.15) is 0 Å². The maximum Gasteiger partial charge on any atom is 0.305 e. The van der Waals surface area contributed by atoms with Crippen molar-refractivity contribution in [1.29, 1.82) is 0 Å². The number of aliphatic hydroxyl groups excluding tert-OH is 2. The van der Waals surface area contributed by atoms with Crippen LogP contribution in [0.25, 0.3) is 0 Å². The molecule has 2 atom stereocenters. The van der Waals surface area contributed by atoms with Crippen LogP contribution >= 0.6 is 0 Å². The minimum atomic E-state index is -0.698. The molecule has 0 radical (unpaired) electrons. The summed E-state index contributed by atoms with van der Waals surface area (Å²) in [5, 5.41) is 23.0. The molecule has 0 aromatic rings. The first kappa shape index (κ1) is 55.8. The van der Waals surface area contributed by atoms with Gasteiger partial charge in [0.2, 0.25) is 5.91 Å². The number of esters is 1. The fourth-order valence-corrected chi connectivity index (χ4v) is 7.25. The van der Waals surface area contributed by atoms with Crippen molar-refractivity contribution in [3.05, 3.63) is 48.6 Å². The Labute approximate surface area is 359 Å². The summed E-state index contributed by atoms with van der Waals surface area (Å²) in [6.45, 7) is 4.84. The van der Waals surface area contributed by atoms with Crippen LogP contribution in [0.4, 0.5) is 0 Å². The topological polar surface area (TPSA) is 95.9 Å². The Kier molecular flexibility index (Phi) is 45.7. The molecule has 1 amide bonds. The standard InChI is InChI=1S/C52H95NO5/c1-3-5-7-9-11-13-15-16-17-18-19-20-23-26-30-34-38-42-46-52(57)58-47-43-39-35-31-27-24-21-22-25-29-33-37-41-45-51(56)53-49(48-54)50(55)44-40-36-32-28-14-12-10-8-6-4-2/h13,15,17-18,22,25,33,37,49-50,54-55H,3-12,14,16,19-21,23-24,26-32,34-36,38-48H2,1-2H3,(H,53,56)/b15-13-,18-17-,25-22-,37-33-. The normalized spacial score (nSPS) is 13.1. The van der Waals surface area contributed by atoms with Crippen LogP contribution in [0.15, 0.2) is 48.6 Å². The molecule has 0 spiro atoms. The minimum Gasteiger partial charge on any atom is -0.466 e. The van der Waals surface area contributed by atoms with E-state index < -0.39 is 12.1 Å². The molecule has 0 aliphatic carbocycles. The van der Waals surface area contributed by atoms with Gasteiger partial charge in [0.25, 0.3) is 0 Å². The smallest absolute Gasteiger partial charge is 0.305 e. The van der Waals surface area contributed by atoms with E-state index in [0.717, 1.165) is 57.8 Å². The first-order chi connectivity index (χ1) is 28.5. The van der Waals surface area contributed by atoms with Crippen molar-refractivity contribution < 1.29 is 24.5 Å². The molecule has 0 aromatic heterocycles. The number of amides is 1. The Morgan fingerprint density at radius 1 is 0.483 bits per heavy atom. The van der Waals surface area contributed by atoms with Crippen molar-refractivity contribution in [2.24, 2.45) is 0 Å². The van der Waals surface area contributed by atoms with Gasteiger partial charge in [-0.15, -0.1) is 0 Å². The molecule has 0 fully saturated rings. The maximum absolute atomic E-state index is 12.3. The third-order valence-electron chi connectivity index (χ3n) is 11.1. The van der Waals surface area contributed by atoms with Gasteiger partial charge < -0.3 is 20.3 Å². The molecule has 0 rings (SSSR count). The summed E-state index contributed by atoms with van der Waals surface area (Å²) in [4.78, 5) is 24.4. The van der Waals surface area contributed by atoms with Crippen molar-refractivity contribution >= 4 is 11.9 Å². The monoisotopic (exact) mass is 814 g/mol. The molecule has 0 aliphatic heterocycles. The van der Waals surface area contributed by atoms with Gasteiger partial charge in [0.15, 0.2) is 0 Å². The summed E-state index contributed by atoms with van der Waals surface area (Å²) in [5.74, 6) is -0.145. The quantitative estimate of drug-likeness (QED) is 0.0323. The first-order valence-electron chi connectivity index (χ1n) is 24.9. The molecule has 0 aromatic carbocycles. The zero-order valence-corrected chi connectivity index (χ0v) is 38.3. The lowest BCUT2D eigenvalue weighted by Gasteiger charge is -2.22. The van der Waals surface area contributed by atoms with Gasteiger partial charge in [-0.05, 0) is 77.0 Å². The predicted octanol–water partition coefficient (Wildman–Crippen LogP) is 14.7. The molecule has 0 saturated heterocycles. The molecule has 2 unspecified atom stereocenters. The van der Waals surface area contributed by atoms with Crippen LogP contribution in [0.3, 0.4) is 0 Å². The van der Waals surface area contributed by atoms with Crippen LogP contribution in [-0.2, 0) is 14.3 Å². The Morgan fingerprint density at radius 2 is 0.879 bits per heavy atom. The van der Waals surface area contributed by atoms with E-state index in [9.17, 15) is 19.8 Å². The van der Waals surface area contributed by atoms with Gasteiger partial charge in [-0.2, -0.15) is 0 Å². The number of nitrogens with one attached hydrogen (secondary N) is 1. The van der Waals surface area contributed by atoms with Crippen LogP contribution < -0.4 is 5.32 Å². The van der Waals surface area contributed by atoms with Crippen molar-refractivity contribution in [3.8, 4) is 0 Å². The van der Waals surface area contributed by atoms with Gasteiger partial charge in [-0.3, -0.25) is 9.59 Å². The summed E-state index contributed by atoms with van der Waals surface area (Å²) in [7, 11) is 0. The number of ether oxygens (including phenoxy) is 1. The molecule has 0 saturated carbocycles. The van der Waals surface area contributed by atoms with E-state index in [1.54, 1.807) is 0 Å². The van der Waals surface area contributed by atoms with Crippen LogP contribution in [0.1, 0.15) is 245 Å². The summed E-state index contributed by atoms with van der Waals surface area (Å²) >= 11 is 0. The third kappa shape index (κ3) is 43.4. The fraction of sp³-hybridized carbons (Fsp3) is 0.808. The SMILES string of the molecule is CCCCCC/C=C\C/C=C\CCCCCCCCCC(=O)OCCCCCCCC/C=C\C/C=C\CCC(=O)NC(CO)C(O)CCCCCCCCCCCC. The maximum atomic E-state index is 12.3. The second kappa shape index (κ2) is 47.5. The van der Waals surface area contributed by atoms with Gasteiger partial charge in [-0.1, -0.05) is 204 Å². The van der Waals surface area contributed by atoms with Crippen molar-refractivity contribution in [1.82, 2.24) is 5.32 Å². The molecular formula is C52H95NO5. The van der Waals surface area contributed by atoms with Crippen LogP contribution in [0.2, 0.25) is 0 Å². The lowest BCUT2D eigenvalue weighted by Crippen LogP contribution is -2.45. The number of allylic oxidation sites excluding steroid dienone is 8. The van der Waals surface area contributed by atoms with Gasteiger partial charge in [0, 0.05) is 12.8 Å². The summed E-state index contributed by atoms with van der Waals surface area (Å²) in [6.07, 6.45) is 58.1. The van der Waals surface area contributed by atoms with Gasteiger partial charge in [0.05, 0.1) is 25.4 Å². The number of hydrogen-bond donors (Lipinski definition) is 3. The number of rotatable bonds is 45. The Morgan fingerprint density at radius 3 is 1.36 bits per heavy atom. The molecule has 3 N–H and O–H groups in total. The second-order valence-electron chi connectivity index (χ2n) is 16.8. The third-order valence-corrected chi connectivity index (χ3v) is 11.1.